The molecule has 0 aliphatic carbocycles. The van der Waals surface area contributed by atoms with Crippen LogP contribution >= 0.6 is 23.2 Å². The van der Waals surface area contributed by atoms with Gasteiger partial charge in [-0.15, -0.1) is 0 Å². The number of hydrogen-bond acceptors (Lipinski definition) is 4. The van der Waals surface area contributed by atoms with Crippen molar-refractivity contribution in [3.05, 3.63) is 94.0 Å². The van der Waals surface area contributed by atoms with Crippen molar-refractivity contribution >= 4 is 50.7 Å². The Morgan fingerprint density at radius 3 is 2.20 bits per heavy atom. The van der Waals surface area contributed by atoms with Gasteiger partial charge in [0, 0.05) is 22.1 Å². The first kappa shape index (κ1) is 31.5. The van der Waals surface area contributed by atoms with Crippen molar-refractivity contribution in [1.29, 1.82) is 0 Å². The normalized spacial score (nSPS) is 12.5. The number of nitrogens with one attached hydrogen (secondary N) is 1. The second-order valence-corrected chi connectivity index (χ2v) is 13.3. The lowest BCUT2D eigenvalue weighted by Gasteiger charge is -2.35. The van der Waals surface area contributed by atoms with Crippen LogP contribution in [0.4, 0.5) is 5.69 Å². The van der Waals surface area contributed by atoms with E-state index in [9.17, 15) is 18.0 Å². The molecular weight excluding hydrogens is 569 g/mol. The highest BCUT2D eigenvalue weighted by Gasteiger charge is 2.34. The summed E-state index contributed by atoms with van der Waals surface area (Å²) >= 11 is 12.5. The highest BCUT2D eigenvalue weighted by atomic mass is 35.5. The molecule has 0 radical (unpaired) electrons. The van der Waals surface area contributed by atoms with Gasteiger partial charge in [-0.25, -0.2) is 8.42 Å². The van der Waals surface area contributed by atoms with Gasteiger partial charge in [-0.05, 0) is 81.6 Å². The number of nitrogens with zero attached hydrogens (tertiary/aromatic N) is 2. The molecule has 7 nitrogen and oxygen atoms in total. The van der Waals surface area contributed by atoms with Crippen molar-refractivity contribution in [2.75, 3.05) is 10.8 Å². The zero-order valence-corrected chi connectivity index (χ0v) is 25.6. The van der Waals surface area contributed by atoms with Gasteiger partial charge in [0.05, 0.1) is 10.6 Å². The minimum absolute atomic E-state index is 0.0159. The number of benzene rings is 3. The summed E-state index contributed by atoms with van der Waals surface area (Å²) < 4.78 is 28.8. The van der Waals surface area contributed by atoms with Gasteiger partial charge in [-0.1, -0.05) is 66.5 Å². The number of amides is 2. The Bertz CT molecular complexity index is 1460. The molecule has 3 aromatic rings. The first-order valence-corrected chi connectivity index (χ1v) is 15.1. The molecule has 1 N–H and O–H groups in total. The molecule has 0 saturated carbocycles. The SMILES string of the molecule is CC[C@H](C(=O)NC(C)(C)C)N(Cc1ccc(Cl)cc1Cl)C(=O)CN(c1cccc(C)c1)S(=O)(=O)c1ccccc1. The fraction of sp³-hybridized carbons (Fsp3) is 0.333. The fourth-order valence-corrected chi connectivity index (χ4v) is 6.13. The summed E-state index contributed by atoms with van der Waals surface area (Å²) in [7, 11) is -4.13. The van der Waals surface area contributed by atoms with Gasteiger partial charge in [0.2, 0.25) is 11.8 Å². The van der Waals surface area contributed by atoms with Crippen molar-refractivity contribution in [1.82, 2.24) is 10.2 Å². The fourth-order valence-electron chi connectivity index (χ4n) is 4.24. The predicted molar refractivity (Wildman–Crippen MR) is 161 cm³/mol. The third kappa shape index (κ3) is 7.99. The van der Waals surface area contributed by atoms with Crippen LogP contribution in [0.1, 0.15) is 45.2 Å². The molecule has 2 amide bonds. The zero-order chi connectivity index (χ0) is 29.7. The summed E-state index contributed by atoms with van der Waals surface area (Å²) in [5.41, 5.74) is 1.21. The lowest BCUT2D eigenvalue weighted by atomic mass is 10.1. The van der Waals surface area contributed by atoms with E-state index in [-0.39, 0.29) is 17.3 Å². The minimum Gasteiger partial charge on any atom is -0.350 e. The van der Waals surface area contributed by atoms with Gasteiger partial charge < -0.3 is 10.2 Å². The van der Waals surface area contributed by atoms with E-state index in [1.807, 2.05) is 33.8 Å². The van der Waals surface area contributed by atoms with Crippen LogP contribution in [0.5, 0.6) is 0 Å². The van der Waals surface area contributed by atoms with Crippen molar-refractivity contribution in [3.8, 4) is 0 Å². The van der Waals surface area contributed by atoms with Gasteiger partial charge in [0.1, 0.15) is 12.6 Å². The van der Waals surface area contributed by atoms with E-state index < -0.39 is 34.1 Å². The maximum absolute atomic E-state index is 14.1. The van der Waals surface area contributed by atoms with E-state index in [1.54, 1.807) is 61.5 Å². The predicted octanol–water partition coefficient (Wildman–Crippen LogP) is 6.22. The maximum Gasteiger partial charge on any atom is 0.264 e. The van der Waals surface area contributed by atoms with Crippen LogP contribution < -0.4 is 9.62 Å². The van der Waals surface area contributed by atoms with E-state index in [2.05, 4.69) is 5.32 Å². The molecule has 10 heteroatoms. The summed E-state index contributed by atoms with van der Waals surface area (Å²) in [5, 5.41) is 3.72. The maximum atomic E-state index is 14.1. The molecule has 0 aliphatic heterocycles. The third-order valence-corrected chi connectivity index (χ3v) is 8.51. The van der Waals surface area contributed by atoms with Gasteiger partial charge >= 0.3 is 0 Å². The van der Waals surface area contributed by atoms with E-state index >= 15 is 0 Å². The molecule has 214 valence electrons. The molecule has 0 bridgehead atoms. The first-order chi connectivity index (χ1) is 18.7. The quantitative estimate of drug-likeness (QED) is 0.298. The molecule has 0 aromatic heterocycles. The van der Waals surface area contributed by atoms with Crippen LogP contribution in [0.25, 0.3) is 0 Å². The second-order valence-electron chi connectivity index (χ2n) is 10.6. The first-order valence-electron chi connectivity index (χ1n) is 12.9. The van der Waals surface area contributed by atoms with Gasteiger partial charge in [0.25, 0.3) is 10.0 Å². The number of aryl methyl sites for hydroxylation is 1. The number of halogens is 2. The Labute approximate surface area is 247 Å². The van der Waals surface area contributed by atoms with Crippen LogP contribution in [0.2, 0.25) is 10.0 Å². The molecule has 0 unspecified atom stereocenters. The standard InChI is InChI=1S/C30H35Cl2N3O4S/c1-6-27(29(37)33-30(3,4)5)34(19-22-15-16-23(31)18-26(22)32)28(36)20-35(24-12-10-11-21(2)17-24)40(38,39)25-13-8-7-9-14-25/h7-18,27H,6,19-20H2,1-5H3,(H,33,37)/t27-/m1/s1. The molecule has 0 heterocycles. The van der Waals surface area contributed by atoms with Crippen LogP contribution in [-0.4, -0.2) is 43.3 Å². The minimum atomic E-state index is -4.13. The van der Waals surface area contributed by atoms with E-state index in [4.69, 9.17) is 23.2 Å². The Balaban J connectivity index is 2.09. The van der Waals surface area contributed by atoms with Gasteiger partial charge in [-0.3, -0.25) is 13.9 Å². The lowest BCUT2D eigenvalue weighted by molar-refractivity contribution is -0.141. The number of hydrogen-bond donors (Lipinski definition) is 1. The molecule has 0 aliphatic rings. The highest BCUT2D eigenvalue weighted by Crippen LogP contribution is 2.27. The van der Waals surface area contributed by atoms with E-state index in [1.165, 1.54) is 17.0 Å². The van der Waals surface area contributed by atoms with Crippen molar-refractivity contribution in [2.24, 2.45) is 0 Å². The lowest BCUT2D eigenvalue weighted by Crippen LogP contribution is -2.55. The van der Waals surface area contributed by atoms with Crippen LogP contribution in [-0.2, 0) is 26.2 Å². The largest absolute Gasteiger partial charge is 0.350 e. The molecule has 3 rings (SSSR count). The third-order valence-electron chi connectivity index (χ3n) is 6.14. The second kappa shape index (κ2) is 13.1. The summed E-state index contributed by atoms with van der Waals surface area (Å²) in [4.78, 5) is 28.9. The summed E-state index contributed by atoms with van der Waals surface area (Å²) in [6.07, 6.45) is 0.300. The summed E-state index contributed by atoms with van der Waals surface area (Å²) in [6.45, 7) is 8.67. The molecular formula is C30H35Cl2N3O4S. The topological polar surface area (TPSA) is 86.8 Å². The van der Waals surface area contributed by atoms with Crippen LogP contribution in [0.15, 0.2) is 77.7 Å². The Morgan fingerprint density at radius 1 is 0.950 bits per heavy atom. The summed E-state index contributed by atoms with van der Waals surface area (Å²) in [5.74, 6) is -0.899. The number of anilines is 1. The van der Waals surface area contributed by atoms with E-state index in [0.29, 0.717) is 27.7 Å². The van der Waals surface area contributed by atoms with Crippen molar-refractivity contribution in [3.63, 3.8) is 0 Å². The zero-order valence-electron chi connectivity index (χ0n) is 23.3. The van der Waals surface area contributed by atoms with E-state index in [0.717, 1.165) is 9.87 Å². The van der Waals surface area contributed by atoms with Crippen LogP contribution in [0, 0.1) is 6.92 Å². The smallest absolute Gasteiger partial charge is 0.264 e. The average molecular weight is 605 g/mol. The Hall–Kier alpha value is -3.07. The number of sulfonamides is 1. The molecule has 0 spiro atoms. The van der Waals surface area contributed by atoms with Gasteiger partial charge in [-0.2, -0.15) is 0 Å². The van der Waals surface area contributed by atoms with Gasteiger partial charge in [0.15, 0.2) is 0 Å². The van der Waals surface area contributed by atoms with Crippen molar-refractivity contribution < 1.29 is 18.0 Å². The number of carbonyl (C=O) groups is 2. The average Bonchev–Trinajstić information content (AvgIpc) is 2.87. The Kier molecular flexibility index (Phi) is 10.3. The molecule has 1 atom stereocenters. The molecule has 0 fully saturated rings. The highest BCUT2D eigenvalue weighted by molar-refractivity contribution is 7.92. The molecule has 0 saturated heterocycles. The van der Waals surface area contributed by atoms with Crippen LogP contribution in [0.3, 0.4) is 0 Å². The monoisotopic (exact) mass is 603 g/mol. The Morgan fingerprint density at radius 2 is 1.62 bits per heavy atom. The number of carbonyl (C=O) groups excluding carboxylic acids is 2. The molecule has 3 aromatic carbocycles. The number of rotatable bonds is 10. The molecule has 40 heavy (non-hydrogen) atoms. The van der Waals surface area contributed by atoms with Crippen molar-refractivity contribution in [2.45, 2.75) is 64.1 Å². The summed E-state index contributed by atoms with van der Waals surface area (Å²) in [6, 6.07) is 18.9.